The lowest BCUT2D eigenvalue weighted by Gasteiger charge is -2.19. The molecule has 0 aliphatic carbocycles. The summed E-state index contributed by atoms with van der Waals surface area (Å²) in [5.74, 6) is 0. The highest BCUT2D eigenvalue weighted by atomic mass is 32.2. The van der Waals surface area contributed by atoms with Crippen molar-refractivity contribution in [3.8, 4) is 0 Å². The molecule has 2 aromatic rings. The molecule has 2 rings (SSSR count). The molecule has 22 heavy (non-hydrogen) atoms. The number of thiophene rings is 1. The minimum atomic E-state index is -3.57. The van der Waals surface area contributed by atoms with Crippen molar-refractivity contribution in [2.45, 2.75) is 37.6 Å². The second-order valence-electron chi connectivity index (χ2n) is 5.23. The monoisotopic (exact) mass is 339 g/mol. The van der Waals surface area contributed by atoms with Crippen molar-refractivity contribution in [3.63, 3.8) is 0 Å². The molecule has 1 heterocycles. The Hall–Kier alpha value is -1.21. The predicted octanol–water partition coefficient (Wildman–Crippen LogP) is 3.16. The molecule has 0 aliphatic rings. The SMILES string of the molecule is Cc1cc(S(=O)(=O)N[C@H](CCCO)c2ccccc2)c(C)s1. The maximum absolute atomic E-state index is 12.6. The van der Waals surface area contributed by atoms with Crippen molar-refractivity contribution < 1.29 is 13.5 Å². The minimum absolute atomic E-state index is 0.0433. The second kappa shape index (κ2) is 7.37. The van der Waals surface area contributed by atoms with E-state index < -0.39 is 10.0 Å². The van der Waals surface area contributed by atoms with E-state index in [1.165, 1.54) is 11.3 Å². The normalized spacial score (nSPS) is 13.2. The average molecular weight is 339 g/mol. The maximum atomic E-state index is 12.6. The fourth-order valence-electron chi connectivity index (χ4n) is 2.40. The fraction of sp³-hybridized carbons (Fsp3) is 0.375. The van der Waals surface area contributed by atoms with Crippen LogP contribution in [0.4, 0.5) is 0 Å². The highest BCUT2D eigenvalue weighted by molar-refractivity contribution is 7.89. The summed E-state index contributed by atoms with van der Waals surface area (Å²) < 4.78 is 28.1. The number of nitrogens with one attached hydrogen (secondary N) is 1. The van der Waals surface area contributed by atoms with Gasteiger partial charge in [-0.3, -0.25) is 0 Å². The molecule has 6 heteroatoms. The van der Waals surface area contributed by atoms with E-state index in [1.54, 1.807) is 6.07 Å². The highest BCUT2D eigenvalue weighted by Crippen LogP contribution is 2.27. The third-order valence-corrected chi connectivity index (χ3v) is 6.13. The number of aliphatic hydroxyl groups excluding tert-OH is 1. The van der Waals surface area contributed by atoms with Crippen molar-refractivity contribution >= 4 is 21.4 Å². The van der Waals surface area contributed by atoms with E-state index in [2.05, 4.69) is 4.72 Å². The third kappa shape index (κ3) is 4.16. The molecule has 2 N–H and O–H groups in total. The molecule has 0 spiro atoms. The van der Waals surface area contributed by atoms with Crippen LogP contribution in [0.25, 0.3) is 0 Å². The van der Waals surface area contributed by atoms with Gasteiger partial charge in [-0.15, -0.1) is 11.3 Å². The van der Waals surface area contributed by atoms with Crippen LogP contribution >= 0.6 is 11.3 Å². The van der Waals surface area contributed by atoms with Crippen LogP contribution in [-0.2, 0) is 10.0 Å². The lowest BCUT2D eigenvalue weighted by Crippen LogP contribution is -2.29. The third-order valence-electron chi connectivity index (χ3n) is 3.44. The number of hydrogen-bond donors (Lipinski definition) is 2. The Morgan fingerprint density at radius 1 is 1.23 bits per heavy atom. The van der Waals surface area contributed by atoms with Gasteiger partial charge in [-0.25, -0.2) is 13.1 Å². The summed E-state index contributed by atoms with van der Waals surface area (Å²) in [5.41, 5.74) is 0.907. The Morgan fingerprint density at radius 3 is 2.45 bits per heavy atom. The Morgan fingerprint density at radius 2 is 1.91 bits per heavy atom. The Bertz CT molecular complexity index is 708. The summed E-state index contributed by atoms with van der Waals surface area (Å²) in [5, 5.41) is 9.05. The van der Waals surface area contributed by atoms with Gasteiger partial charge in [0, 0.05) is 22.4 Å². The number of aliphatic hydroxyl groups is 1. The topological polar surface area (TPSA) is 66.4 Å². The van der Waals surface area contributed by atoms with Crippen molar-refractivity contribution in [1.29, 1.82) is 0 Å². The van der Waals surface area contributed by atoms with Gasteiger partial charge in [-0.1, -0.05) is 30.3 Å². The van der Waals surface area contributed by atoms with Crippen molar-refractivity contribution in [2.75, 3.05) is 6.61 Å². The van der Waals surface area contributed by atoms with Gasteiger partial charge in [0.25, 0.3) is 0 Å². The molecule has 120 valence electrons. The van der Waals surface area contributed by atoms with Crippen LogP contribution in [0.15, 0.2) is 41.3 Å². The number of aryl methyl sites for hydroxylation is 2. The molecule has 0 amide bonds. The van der Waals surface area contributed by atoms with Gasteiger partial charge in [-0.2, -0.15) is 0 Å². The number of sulfonamides is 1. The Balaban J connectivity index is 2.28. The summed E-state index contributed by atoms with van der Waals surface area (Å²) in [6.45, 7) is 3.76. The van der Waals surface area contributed by atoms with E-state index >= 15 is 0 Å². The van der Waals surface area contributed by atoms with Crippen molar-refractivity contribution in [2.24, 2.45) is 0 Å². The number of hydrogen-bond acceptors (Lipinski definition) is 4. The lowest BCUT2D eigenvalue weighted by atomic mass is 10.0. The van der Waals surface area contributed by atoms with E-state index in [9.17, 15) is 8.42 Å². The molecule has 0 saturated heterocycles. The van der Waals surface area contributed by atoms with Crippen LogP contribution in [-0.4, -0.2) is 20.1 Å². The summed E-state index contributed by atoms with van der Waals surface area (Å²) in [4.78, 5) is 2.11. The van der Waals surface area contributed by atoms with E-state index in [-0.39, 0.29) is 12.6 Å². The zero-order valence-electron chi connectivity index (χ0n) is 12.7. The molecule has 0 aliphatic heterocycles. The van der Waals surface area contributed by atoms with Gasteiger partial charge in [0.2, 0.25) is 10.0 Å². The quantitative estimate of drug-likeness (QED) is 0.814. The van der Waals surface area contributed by atoms with E-state index in [0.29, 0.717) is 17.7 Å². The predicted molar refractivity (Wildman–Crippen MR) is 89.6 cm³/mol. The lowest BCUT2D eigenvalue weighted by molar-refractivity contribution is 0.278. The van der Waals surface area contributed by atoms with Crippen LogP contribution in [0.3, 0.4) is 0 Å². The van der Waals surface area contributed by atoms with Crippen LogP contribution in [0.1, 0.15) is 34.2 Å². The smallest absolute Gasteiger partial charge is 0.242 e. The van der Waals surface area contributed by atoms with E-state index in [1.807, 2.05) is 44.2 Å². The Kier molecular flexibility index (Phi) is 5.74. The molecular weight excluding hydrogens is 318 g/mol. The van der Waals surface area contributed by atoms with E-state index in [4.69, 9.17) is 5.11 Å². The van der Waals surface area contributed by atoms with Gasteiger partial charge < -0.3 is 5.11 Å². The summed E-state index contributed by atoms with van der Waals surface area (Å²) >= 11 is 1.48. The number of benzene rings is 1. The average Bonchev–Trinajstić information content (AvgIpc) is 2.84. The molecule has 1 aromatic heterocycles. The highest BCUT2D eigenvalue weighted by Gasteiger charge is 2.24. The first kappa shape index (κ1) is 17.1. The van der Waals surface area contributed by atoms with Crippen molar-refractivity contribution in [3.05, 3.63) is 51.7 Å². The minimum Gasteiger partial charge on any atom is -0.396 e. The zero-order valence-corrected chi connectivity index (χ0v) is 14.4. The number of rotatable bonds is 7. The molecule has 1 aromatic carbocycles. The van der Waals surface area contributed by atoms with Crippen molar-refractivity contribution in [1.82, 2.24) is 4.72 Å². The fourth-order valence-corrected chi connectivity index (χ4v) is 5.21. The van der Waals surface area contributed by atoms with Gasteiger partial charge in [0.05, 0.1) is 4.90 Å². The zero-order chi connectivity index (χ0) is 16.2. The van der Waals surface area contributed by atoms with Gasteiger partial charge >= 0.3 is 0 Å². The molecule has 0 saturated carbocycles. The summed E-state index contributed by atoms with van der Waals surface area (Å²) in [6, 6.07) is 10.8. The van der Waals surface area contributed by atoms with Gasteiger partial charge in [0.1, 0.15) is 0 Å². The standard InChI is InChI=1S/C16H21NO3S2/c1-12-11-16(13(2)21-12)22(19,20)17-15(9-6-10-18)14-7-4-3-5-8-14/h3-5,7-8,11,15,17-18H,6,9-10H2,1-2H3/t15-/m1/s1. The first-order valence-electron chi connectivity index (χ1n) is 7.19. The largest absolute Gasteiger partial charge is 0.396 e. The van der Waals surface area contributed by atoms with Crippen LogP contribution < -0.4 is 4.72 Å². The van der Waals surface area contributed by atoms with Crippen LogP contribution in [0.5, 0.6) is 0 Å². The van der Waals surface area contributed by atoms with E-state index in [0.717, 1.165) is 15.3 Å². The molecule has 4 nitrogen and oxygen atoms in total. The molecule has 0 unspecified atom stereocenters. The maximum Gasteiger partial charge on any atom is 0.242 e. The molecule has 1 atom stereocenters. The molecular formula is C16H21NO3S2. The Labute approximate surface area is 135 Å². The molecule has 0 fully saturated rings. The molecule has 0 bridgehead atoms. The first-order chi connectivity index (χ1) is 10.4. The van der Waals surface area contributed by atoms with Gasteiger partial charge in [-0.05, 0) is 38.3 Å². The second-order valence-corrected chi connectivity index (χ2v) is 8.37. The van der Waals surface area contributed by atoms with Gasteiger partial charge in [0.15, 0.2) is 0 Å². The summed E-state index contributed by atoms with van der Waals surface area (Å²) in [6.07, 6.45) is 1.10. The first-order valence-corrected chi connectivity index (χ1v) is 9.49. The van der Waals surface area contributed by atoms with Crippen LogP contribution in [0.2, 0.25) is 0 Å². The van der Waals surface area contributed by atoms with Crippen LogP contribution in [0, 0.1) is 13.8 Å². The molecule has 0 radical (unpaired) electrons. The summed E-state index contributed by atoms with van der Waals surface area (Å²) in [7, 11) is -3.57.